The van der Waals surface area contributed by atoms with Gasteiger partial charge in [-0.1, -0.05) is 13.0 Å². The second kappa shape index (κ2) is 5.16. The molecule has 1 N–H and O–H groups in total. The number of nitrogens with zero attached hydrogens (tertiary/aromatic N) is 2. The van der Waals surface area contributed by atoms with Crippen LogP contribution in [0.2, 0.25) is 0 Å². The molecule has 0 radical (unpaired) electrons. The predicted molar refractivity (Wildman–Crippen MR) is 68.9 cm³/mol. The maximum atomic E-state index is 4.49. The Morgan fingerprint density at radius 2 is 2.38 bits per heavy atom. The van der Waals surface area contributed by atoms with Gasteiger partial charge < -0.3 is 5.32 Å². The molecule has 0 fully saturated rings. The van der Waals surface area contributed by atoms with Crippen LogP contribution in [0.15, 0.2) is 29.8 Å². The van der Waals surface area contributed by atoms with Crippen molar-refractivity contribution in [2.45, 2.75) is 32.9 Å². The lowest BCUT2D eigenvalue weighted by molar-refractivity contribution is 0.479. The lowest BCUT2D eigenvalue weighted by Gasteiger charge is -2.08. The highest BCUT2D eigenvalue weighted by atomic mass is 32.1. The Balaban J connectivity index is 1.93. The summed E-state index contributed by atoms with van der Waals surface area (Å²) in [6, 6.07) is 6.69. The standard InChI is InChI=1S/C12H17N3S/c1-3-10(2)15-7-6-12(14-15)13-9-11-5-4-8-16-11/h4-8,10H,3,9H2,1-2H3,(H,13,14)/t10-/m0/s1. The van der Waals surface area contributed by atoms with Crippen LogP contribution in [0.5, 0.6) is 0 Å². The molecular formula is C12H17N3S. The summed E-state index contributed by atoms with van der Waals surface area (Å²) in [6.45, 7) is 5.20. The monoisotopic (exact) mass is 235 g/mol. The van der Waals surface area contributed by atoms with E-state index in [1.165, 1.54) is 4.88 Å². The molecule has 0 aliphatic carbocycles. The van der Waals surface area contributed by atoms with Crippen LogP contribution >= 0.6 is 11.3 Å². The van der Waals surface area contributed by atoms with Gasteiger partial charge in [0.1, 0.15) is 5.82 Å². The smallest absolute Gasteiger partial charge is 0.148 e. The van der Waals surface area contributed by atoms with E-state index < -0.39 is 0 Å². The van der Waals surface area contributed by atoms with Crippen molar-refractivity contribution >= 4 is 17.2 Å². The molecule has 0 aromatic carbocycles. The minimum Gasteiger partial charge on any atom is -0.364 e. The summed E-state index contributed by atoms with van der Waals surface area (Å²) < 4.78 is 2.01. The molecule has 3 nitrogen and oxygen atoms in total. The Morgan fingerprint density at radius 1 is 1.50 bits per heavy atom. The summed E-state index contributed by atoms with van der Waals surface area (Å²) in [5, 5.41) is 9.91. The molecule has 0 unspecified atom stereocenters. The molecule has 2 aromatic rings. The maximum absolute atomic E-state index is 4.49. The van der Waals surface area contributed by atoms with Gasteiger partial charge >= 0.3 is 0 Å². The van der Waals surface area contributed by atoms with Gasteiger partial charge in [0, 0.05) is 23.2 Å². The Hall–Kier alpha value is -1.29. The minimum atomic E-state index is 0.470. The second-order valence-electron chi connectivity index (χ2n) is 3.87. The van der Waals surface area contributed by atoms with Crippen molar-refractivity contribution < 1.29 is 0 Å². The summed E-state index contributed by atoms with van der Waals surface area (Å²) >= 11 is 1.76. The highest BCUT2D eigenvalue weighted by Crippen LogP contribution is 2.14. The van der Waals surface area contributed by atoms with Crippen molar-refractivity contribution in [3.8, 4) is 0 Å². The molecule has 0 saturated heterocycles. The first-order chi connectivity index (χ1) is 7.79. The van der Waals surface area contributed by atoms with Gasteiger partial charge in [-0.25, -0.2) is 0 Å². The van der Waals surface area contributed by atoms with Gasteiger partial charge in [-0.05, 0) is 24.8 Å². The first kappa shape index (κ1) is 11.2. The van der Waals surface area contributed by atoms with Crippen molar-refractivity contribution in [1.82, 2.24) is 9.78 Å². The van der Waals surface area contributed by atoms with Crippen molar-refractivity contribution in [2.24, 2.45) is 0 Å². The zero-order valence-corrected chi connectivity index (χ0v) is 10.5. The summed E-state index contributed by atoms with van der Waals surface area (Å²) in [6.07, 6.45) is 3.14. The van der Waals surface area contributed by atoms with Crippen LogP contribution in [0.4, 0.5) is 5.82 Å². The van der Waals surface area contributed by atoms with E-state index in [2.05, 4.69) is 41.8 Å². The van der Waals surface area contributed by atoms with E-state index in [9.17, 15) is 0 Å². The van der Waals surface area contributed by atoms with Gasteiger partial charge in [0.15, 0.2) is 0 Å². The molecule has 0 spiro atoms. The van der Waals surface area contributed by atoms with Crippen LogP contribution in [-0.4, -0.2) is 9.78 Å². The Morgan fingerprint density at radius 3 is 3.06 bits per heavy atom. The highest BCUT2D eigenvalue weighted by molar-refractivity contribution is 7.09. The van der Waals surface area contributed by atoms with E-state index in [4.69, 9.17) is 0 Å². The summed E-state index contributed by atoms with van der Waals surface area (Å²) in [5.41, 5.74) is 0. The Bertz CT molecular complexity index is 419. The molecule has 2 heterocycles. The second-order valence-corrected chi connectivity index (χ2v) is 4.90. The van der Waals surface area contributed by atoms with E-state index in [1.807, 2.05) is 16.9 Å². The third kappa shape index (κ3) is 2.64. The van der Waals surface area contributed by atoms with Gasteiger partial charge in [-0.15, -0.1) is 11.3 Å². The molecule has 4 heteroatoms. The zero-order chi connectivity index (χ0) is 11.4. The summed E-state index contributed by atoms with van der Waals surface area (Å²) in [5.74, 6) is 0.953. The molecular weight excluding hydrogens is 218 g/mol. The number of hydrogen-bond donors (Lipinski definition) is 1. The van der Waals surface area contributed by atoms with Crippen LogP contribution in [-0.2, 0) is 6.54 Å². The largest absolute Gasteiger partial charge is 0.364 e. The Labute approximate surface area is 100 Å². The first-order valence-electron chi connectivity index (χ1n) is 5.61. The molecule has 0 bridgehead atoms. The molecule has 1 atom stereocenters. The van der Waals surface area contributed by atoms with Crippen LogP contribution in [0.3, 0.4) is 0 Å². The lowest BCUT2D eigenvalue weighted by Crippen LogP contribution is -2.05. The quantitative estimate of drug-likeness (QED) is 0.859. The minimum absolute atomic E-state index is 0.470. The van der Waals surface area contributed by atoms with Crippen LogP contribution < -0.4 is 5.32 Å². The fourth-order valence-electron chi connectivity index (χ4n) is 1.46. The topological polar surface area (TPSA) is 29.9 Å². The van der Waals surface area contributed by atoms with Gasteiger partial charge in [0.2, 0.25) is 0 Å². The number of thiophene rings is 1. The van der Waals surface area contributed by atoms with Crippen molar-refractivity contribution in [3.05, 3.63) is 34.7 Å². The lowest BCUT2D eigenvalue weighted by atomic mass is 10.3. The van der Waals surface area contributed by atoms with E-state index in [1.54, 1.807) is 11.3 Å². The maximum Gasteiger partial charge on any atom is 0.148 e. The van der Waals surface area contributed by atoms with E-state index in [0.717, 1.165) is 18.8 Å². The third-order valence-corrected chi connectivity index (χ3v) is 3.55. The number of aromatic nitrogens is 2. The molecule has 86 valence electrons. The van der Waals surface area contributed by atoms with Crippen molar-refractivity contribution in [1.29, 1.82) is 0 Å². The summed E-state index contributed by atoms with van der Waals surface area (Å²) in [4.78, 5) is 1.33. The van der Waals surface area contributed by atoms with Gasteiger partial charge in [-0.2, -0.15) is 5.10 Å². The first-order valence-corrected chi connectivity index (χ1v) is 6.49. The average Bonchev–Trinajstić information content (AvgIpc) is 2.96. The predicted octanol–water partition coefficient (Wildman–Crippen LogP) is 3.53. The molecule has 0 aliphatic rings. The SMILES string of the molecule is CC[C@H](C)n1ccc(NCc2cccs2)n1. The number of nitrogens with one attached hydrogen (secondary N) is 1. The number of hydrogen-bond acceptors (Lipinski definition) is 3. The fourth-order valence-corrected chi connectivity index (χ4v) is 2.10. The highest BCUT2D eigenvalue weighted by Gasteiger charge is 2.04. The van der Waals surface area contributed by atoms with E-state index >= 15 is 0 Å². The zero-order valence-electron chi connectivity index (χ0n) is 9.68. The van der Waals surface area contributed by atoms with Crippen molar-refractivity contribution in [2.75, 3.05) is 5.32 Å². The van der Waals surface area contributed by atoms with E-state index in [-0.39, 0.29) is 0 Å². The Kier molecular flexibility index (Phi) is 3.62. The van der Waals surface area contributed by atoms with Gasteiger partial charge in [0.25, 0.3) is 0 Å². The van der Waals surface area contributed by atoms with Crippen LogP contribution in [0.25, 0.3) is 0 Å². The molecule has 2 rings (SSSR count). The summed E-state index contributed by atoms with van der Waals surface area (Å²) in [7, 11) is 0. The third-order valence-electron chi connectivity index (χ3n) is 2.67. The number of anilines is 1. The fraction of sp³-hybridized carbons (Fsp3) is 0.417. The molecule has 0 saturated carbocycles. The molecule has 16 heavy (non-hydrogen) atoms. The molecule has 2 aromatic heterocycles. The normalized spacial score (nSPS) is 12.6. The molecule has 0 aliphatic heterocycles. The van der Waals surface area contributed by atoms with Gasteiger partial charge in [-0.3, -0.25) is 4.68 Å². The molecule has 0 amide bonds. The van der Waals surface area contributed by atoms with Crippen LogP contribution in [0, 0.1) is 0 Å². The van der Waals surface area contributed by atoms with Crippen molar-refractivity contribution in [3.63, 3.8) is 0 Å². The van der Waals surface area contributed by atoms with E-state index in [0.29, 0.717) is 6.04 Å². The van der Waals surface area contributed by atoms with Gasteiger partial charge in [0.05, 0.1) is 6.54 Å². The van der Waals surface area contributed by atoms with Crippen LogP contribution in [0.1, 0.15) is 31.2 Å². The average molecular weight is 235 g/mol. The number of rotatable bonds is 5.